The maximum atomic E-state index is 5.99. The van der Waals surface area contributed by atoms with Gasteiger partial charge in [-0.2, -0.15) is 0 Å². The van der Waals surface area contributed by atoms with Gasteiger partial charge in [-0.3, -0.25) is 4.98 Å². The molecular formula is C13H14ClN3O. The summed E-state index contributed by atoms with van der Waals surface area (Å²) < 4.78 is 5.29. The number of hydrogen-bond acceptors (Lipinski definition) is 4. The van der Waals surface area contributed by atoms with E-state index in [1.807, 2.05) is 19.9 Å². The van der Waals surface area contributed by atoms with Crippen molar-refractivity contribution in [3.63, 3.8) is 0 Å². The van der Waals surface area contributed by atoms with Gasteiger partial charge in [0.2, 0.25) is 0 Å². The zero-order chi connectivity index (χ0) is 13.0. The van der Waals surface area contributed by atoms with E-state index in [0.29, 0.717) is 24.2 Å². The fourth-order valence-corrected chi connectivity index (χ4v) is 1.77. The van der Waals surface area contributed by atoms with Crippen LogP contribution < -0.4 is 0 Å². The number of ether oxygens (including phenoxy) is 1. The van der Waals surface area contributed by atoms with Gasteiger partial charge in [0.05, 0.1) is 5.69 Å². The Morgan fingerprint density at radius 1 is 1.22 bits per heavy atom. The second kappa shape index (κ2) is 5.89. The lowest BCUT2D eigenvalue weighted by Crippen LogP contribution is -2.01. The number of aromatic nitrogens is 3. The van der Waals surface area contributed by atoms with E-state index in [1.165, 1.54) is 0 Å². The largest absolute Gasteiger partial charge is 0.374 e. The highest BCUT2D eigenvalue weighted by molar-refractivity contribution is 6.29. The topological polar surface area (TPSA) is 47.9 Å². The molecule has 4 nitrogen and oxygen atoms in total. The van der Waals surface area contributed by atoms with Gasteiger partial charge in [-0.15, -0.1) is 0 Å². The molecule has 0 unspecified atom stereocenters. The standard InChI is InChI=1S/C13H14ClN3O/c1-3-18-8-13-16-11(5-12(14)17-13)10-4-9(2)6-15-7-10/h4-7H,3,8H2,1-2H3. The summed E-state index contributed by atoms with van der Waals surface area (Å²) >= 11 is 5.99. The first-order chi connectivity index (χ1) is 8.69. The van der Waals surface area contributed by atoms with Crippen molar-refractivity contribution in [3.8, 4) is 11.3 Å². The molecule has 0 fully saturated rings. The lowest BCUT2D eigenvalue weighted by Gasteiger charge is -2.05. The van der Waals surface area contributed by atoms with Gasteiger partial charge < -0.3 is 4.74 Å². The average Bonchev–Trinajstić information content (AvgIpc) is 2.36. The molecule has 0 aliphatic carbocycles. The molecule has 18 heavy (non-hydrogen) atoms. The fourth-order valence-electron chi connectivity index (χ4n) is 1.57. The van der Waals surface area contributed by atoms with Crippen LogP contribution in [-0.4, -0.2) is 21.6 Å². The Morgan fingerprint density at radius 2 is 2.06 bits per heavy atom. The van der Waals surface area contributed by atoms with Crippen LogP contribution in [0.3, 0.4) is 0 Å². The first kappa shape index (κ1) is 12.9. The van der Waals surface area contributed by atoms with E-state index in [4.69, 9.17) is 16.3 Å². The second-order valence-electron chi connectivity index (χ2n) is 3.88. The van der Waals surface area contributed by atoms with Crippen LogP contribution in [0.25, 0.3) is 11.3 Å². The highest BCUT2D eigenvalue weighted by atomic mass is 35.5. The molecule has 2 heterocycles. The molecular weight excluding hydrogens is 250 g/mol. The summed E-state index contributed by atoms with van der Waals surface area (Å²) in [5.41, 5.74) is 2.77. The minimum Gasteiger partial charge on any atom is -0.374 e. The van der Waals surface area contributed by atoms with Gasteiger partial charge in [0, 0.05) is 30.6 Å². The van der Waals surface area contributed by atoms with Crippen LogP contribution in [0.4, 0.5) is 0 Å². The minimum absolute atomic E-state index is 0.364. The zero-order valence-electron chi connectivity index (χ0n) is 10.4. The Kier molecular flexibility index (Phi) is 4.23. The van der Waals surface area contributed by atoms with Gasteiger partial charge in [0.25, 0.3) is 0 Å². The normalized spacial score (nSPS) is 10.6. The summed E-state index contributed by atoms with van der Waals surface area (Å²) in [7, 11) is 0. The van der Waals surface area contributed by atoms with Gasteiger partial charge in [-0.05, 0) is 25.5 Å². The minimum atomic E-state index is 0.364. The van der Waals surface area contributed by atoms with Gasteiger partial charge in [0.1, 0.15) is 11.8 Å². The van der Waals surface area contributed by atoms with E-state index in [2.05, 4.69) is 15.0 Å². The average molecular weight is 264 g/mol. The van der Waals surface area contributed by atoms with Crippen molar-refractivity contribution in [2.24, 2.45) is 0 Å². The van der Waals surface area contributed by atoms with Crippen LogP contribution in [0.15, 0.2) is 24.5 Å². The maximum Gasteiger partial charge on any atom is 0.156 e. The zero-order valence-corrected chi connectivity index (χ0v) is 11.1. The molecule has 0 N–H and O–H groups in total. The number of aryl methyl sites for hydroxylation is 1. The molecule has 0 aliphatic rings. The van der Waals surface area contributed by atoms with Crippen molar-refractivity contribution in [1.29, 1.82) is 0 Å². The van der Waals surface area contributed by atoms with Crippen molar-refractivity contribution >= 4 is 11.6 Å². The predicted octanol–water partition coefficient (Wildman–Crippen LogP) is 3.04. The van der Waals surface area contributed by atoms with Crippen LogP contribution in [0.2, 0.25) is 5.15 Å². The smallest absolute Gasteiger partial charge is 0.156 e. The lowest BCUT2D eigenvalue weighted by molar-refractivity contribution is 0.128. The van der Waals surface area contributed by atoms with E-state index in [9.17, 15) is 0 Å². The molecule has 0 aromatic carbocycles. The summed E-state index contributed by atoms with van der Waals surface area (Å²) in [5.74, 6) is 0.584. The third-order valence-corrected chi connectivity index (χ3v) is 2.54. The first-order valence-electron chi connectivity index (χ1n) is 5.72. The molecule has 2 aromatic heterocycles. The third kappa shape index (κ3) is 3.24. The SMILES string of the molecule is CCOCc1nc(Cl)cc(-c2cncc(C)c2)n1. The molecule has 2 rings (SSSR count). The monoisotopic (exact) mass is 263 g/mol. The summed E-state index contributed by atoms with van der Waals surface area (Å²) in [4.78, 5) is 12.7. The molecule has 0 atom stereocenters. The number of halogens is 1. The highest BCUT2D eigenvalue weighted by Gasteiger charge is 2.06. The van der Waals surface area contributed by atoms with E-state index in [-0.39, 0.29) is 0 Å². The lowest BCUT2D eigenvalue weighted by atomic mass is 10.1. The second-order valence-corrected chi connectivity index (χ2v) is 4.27. The van der Waals surface area contributed by atoms with Crippen molar-refractivity contribution in [2.75, 3.05) is 6.61 Å². The van der Waals surface area contributed by atoms with Gasteiger partial charge in [-0.1, -0.05) is 11.6 Å². The Balaban J connectivity index is 2.35. The molecule has 0 spiro atoms. The van der Waals surface area contributed by atoms with E-state index in [0.717, 1.165) is 16.8 Å². The molecule has 5 heteroatoms. The number of nitrogens with zero attached hydrogens (tertiary/aromatic N) is 3. The van der Waals surface area contributed by atoms with E-state index in [1.54, 1.807) is 18.5 Å². The molecule has 0 saturated carbocycles. The van der Waals surface area contributed by atoms with Crippen LogP contribution in [0.1, 0.15) is 18.3 Å². The summed E-state index contributed by atoms with van der Waals surface area (Å²) in [6, 6.07) is 3.74. The number of rotatable bonds is 4. The number of hydrogen-bond donors (Lipinski definition) is 0. The van der Waals surface area contributed by atoms with Gasteiger partial charge in [-0.25, -0.2) is 9.97 Å². The third-order valence-electron chi connectivity index (χ3n) is 2.35. The van der Waals surface area contributed by atoms with E-state index < -0.39 is 0 Å². The molecule has 94 valence electrons. The quantitative estimate of drug-likeness (QED) is 0.796. The highest BCUT2D eigenvalue weighted by Crippen LogP contribution is 2.20. The molecule has 0 bridgehead atoms. The Hall–Kier alpha value is -1.52. The molecule has 0 aliphatic heterocycles. The van der Waals surface area contributed by atoms with Crippen molar-refractivity contribution < 1.29 is 4.74 Å². The van der Waals surface area contributed by atoms with Crippen LogP contribution >= 0.6 is 11.6 Å². The molecule has 2 aromatic rings. The maximum absolute atomic E-state index is 5.99. The molecule has 0 amide bonds. The Labute approximate surface area is 111 Å². The molecule has 0 radical (unpaired) electrons. The Bertz CT molecular complexity index is 546. The summed E-state index contributed by atoms with van der Waals surface area (Å²) in [6.45, 7) is 4.90. The number of pyridine rings is 1. The van der Waals surface area contributed by atoms with Crippen LogP contribution in [0, 0.1) is 6.92 Å². The predicted molar refractivity (Wildman–Crippen MR) is 70.3 cm³/mol. The first-order valence-corrected chi connectivity index (χ1v) is 6.10. The van der Waals surface area contributed by atoms with E-state index >= 15 is 0 Å². The van der Waals surface area contributed by atoms with Crippen LogP contribution in [-0.2, 0) is 11.3 Å². The summed E-state index contributed by atoms with van der Waals surface area (Å²) in [5, 5.41) is 0.413. The van der Waals surface area contributed by atoms with Gasteiger partial charge >= 0.3 is 0 Å². The molecule has 0 saturated heterocycles. The van der Waals surface area contributed by atoms with Crippen molar-refractivity contribution in [3.05, 3.63) is 41.1 Å². The van der Waals surface area contributed by atoms with Crippen molar-refractivity contribution in [2.45, 2.75) is 20.5 Å². The summed E-state index contributed by atoms with van der Waals surface area (Å²) in [6.07, 6.45) is 3.56. The van der Waals surface area contributed by atoms with Crippen LogP contribution in [0.5, 0.6) is 0 Å². The fraction of sp³-hybridized carbons (Fsp3) is 0.308. The van der Waals surface area contributed by atoms with Gasteiger partial charge in [0.15, 0.2) is 5.82 Å². The van der Waals surface area contributed by atoms with Crippen molar-refractivity contribution in [1.82, 2.24) is 15.0 Å². The Morgan fingerprint density at radius 3 is 2.78 bits per heavy atom.